The van der Waals surface area contributed by atoms with Gasteiger partial charge in [0, 0.05) is 5.39 Å². The van der Waals surface area contributed by atoms with Gasteiger partial charge in [0.05, 0.1) is 5.69 Å². The Hall–Kier alpha value is -5.19. The summed E-state index contributed by atoms with van der Waals surface area (Å²) >= 11 is 0. The molecule has 0 radical (unpaired) electrons. The molecule has 0 bridgehead atoms. The third-order valence-corrected chi connectivity index (χ3v) is 8.79. The summed E-state index contributed by atoms with van der Waals surface area (Å²) in [4.78, 5) is 13.0. The first-order chi connectivity index (χ1) is 20.8. The van der Waals surface area contributed by atoms with Crippen molar-refractivity contribution in [1.82, 2.24) is 0 Å². The molecule has 0 unspecified atom stereocenters. The molecular formula is C33H23NO7S2. The lowest BCUT2D eigenvalue weighted by atomic mass is 10.1. The summed E-state index contributed by atoms with van der Waals surface area (Å²) in [5, 5.41) is 0.268. The van der Waals surface area contributed by atoms with E-state index in [-0.39, 0.29) is 33.0 Å². The molecule has 0 amide bonds. The molecule has 0 aliphatic heterocycles. The molecule has 0 N–H and O–H groups in total. The topological polar surface area (TPSA) is 111 Å². The molecule has 8 nitrogen and oxygen atoms in total. The van der Waals surface area contributed by atoms with Gasteiger partial charge in [0.15, 0.2) is 11.3 Å². The number of rotatable bonds is 8. The Morgan fingerprint density at radius 1 is 0.628 bits per heavy atom. The molecule has 1 aromatic heterocycles. The number of hydrogen-bond acceptors (Lipinski definition) is 7. The third-order valence-electron chi connectivity index (χ3n) is 6.77. The summed E-state index contributed by atoms with van der Waals surface area (Å²) < 4.78 is 62.7. The predicted molar refractivity (Wildman–Crippen MR) is 167 cm³/mol. The molecule has 0 saturated carbocycles. The lowest BCUT2D eigenvalue weighted by Crippen LogP contribution is -2.21. The van der Waals surface area contributed by atoms with Crippen molar-refractivity contribution in [2.45, 2.75) is 4.90 Å². The van der Waals surface area contributed by atoms with Crippen molar-refractivity contribution < 1.29 is 25.4 Å². The molecule has 5 aromatic carbocycles. The maximum atomic E-state index is 13.1. The second-order valence-corrected chi connectivity index (χ2v) is 11.9. The summed E-state index contributed by atoms with van der Waals surface area (Å²) in [5.74, 6) is -0.210. The molecule has 6 aromatic rings. The van der Waals surface area contributed by atoms with Crippen LogP contribution >= 0.6 is 0 Å². The SMILES string of the molecule is O=c1oc2c(OS(=O)(=O)c3ccc(-c4ccccc4)cc3)cccc2cc1N(c1ccc(-c2ccccc2)cc1)[SH](=O)=O. The standard InChI is InChI=1S/C33H23NO7S2/c35-33-30(34(42(36)37)28-18-14-25(15-19-28)23-8-3-1-4-9-23)22-27-12-7-13-31(32(27)40-33)41-43(38,39)29-20-16-26(17-21-29)24-10-5-2-6-11-24/h1-22,42H. The fraction of sp³-hybridized carbons (Fsp3) is 0. The van der Waals surface area contributed by atoms with Crippen LogP contribution in [0.25, 0.3) is 33.2 Å². The Kier molecular flexibility index (Phi) is 7.54. The van der Waals surface area contributed by atoms with E-state index in [0.29, 0.717) is 0 Å². The average molecular weight is 610 g/mol. The smallest absolute Gasteiger partial charge is 0.361 e. The minimum absolute atomic E-state index is 0.0865. The highest BCUT2D eigenvalue weighted by Gasteiger charge is 2.22. The van der Waals surface area contributed by atoms with E-state index in [1.807, 2.05) is 60.7 Å². The zero-order valence-electron chi connectivity index (χ0n) is 22.4. The number of fused-ring (bicyclic) bond motifs is 1. The van der Waals surface area contributed by atoms with Gasteiger partial charge < -0.3 is 8.60 Å². The second-order valence-electron chi connectivity index (χ2n) is 9.48. The summed E-state index contributed by atoms with van der Waals surface area (Å²) in [6.45, 7) is 0. The van der Waals surface area contributed by atoms with Gasteiger partial charge in [-0.1, -0.05) is 97.1 Å². The molecule has 1 heterocycles. The van der Waals surface area contributed by atoms with Crippen molar-refractivity contribution in [2.24, 2.45) is 0 Å². The van der Waals surface area contributed by atoms with E-state index in [0.717, 1.165) is 26.6 Å². The second kappa shape index (κ2) is 11.6. The van der Waals surface area contributed by atoms with Gasteiger partial charge >= 0.3 is 15.7 Å². The van der Waals surface area contributed by atoms with Gasteiger partial charge in [-0.2, -0.15) is 8.42 Å². The molecule has 0 aliphatic carbocycles. The van der Waals surface area contributed by atoms with Gasteiger partial charge in [0.25, 0.3) is 0 Å². The van der Waals surface area contributed by atoms with Crippen LogP contribution in [-0.2, 0) is 21.0 Å². The molecule has 10 heteroatoms. The highest BCUT2D eigenvalue weighted by Crippen LogP contribution is 2.33. The normalized spacial score (nSPS) is 11.5. The zero-order valence-corrected chi connectivity index (χ0v) is 24.1. The third kappa shape index (κ3) is 5.78. The first kappa shape index (κ1) is 28.0. The van der Waals surface area contributed by atoms with E-state index in [1.54, 1.807) is 42.5 Å². The van der Waals surface area contributed by atoms with Crippen molar-refractivity contribution in [1.29, 1.82) is 0 Å². The van der Waals surface area contributed by atoms with Crippen molar-refractivity contribution in [3.63, 3.8) is 0 Å². The summed E-state index contributed by atoms with van der Waals surface area (Å²) in [5.41, 5.74) is 2.43. The lowest BCUT2D eigenvalue weighted by Gasteiger charge is -2.17. The minimum atomic E-state index is -4.30. The quantitative estimate of drug-likeness (QED) is 0.118. The van der Waals surface area contributed by atoms with Crippen molar-refractivity contribution in [3.8, 4) is 28.0 Å². The highest BCUT2D eigenvalue weighted by molar-refractivity contribution is 7.87. The van der Waals surface area contributed by atoms with Crippen LogP contribution in [0, 0.1) is 0 Å². The molecule has 0 saturated heterocycles. The van der Waals surface area contributed by atoms with Gasteiger partial charge in [-0.25, -0.2) is 17.5 Å². The maximum absolute atomic E-state index is 13.1. The van der Waals surface area contributed by atoms with E-state index in [9.17, 15) is 21.6 Å². The van der Waals surface area contributed by atoms with Crippen molar-refractivity contribution >= 4 is 43.4 Å². The van der Waals surface area contributed by atoms with Gasteiger partial charge in [-0.15, -0.1) is 0 Å². The number of anilines is 2. The first-order valence-electron chi connectivity index (χ1n) is 13.1. The molecular weight excluding hydrogens is 586 g/mol. The Balaban J connectivity index is 1.32. The predicted octanol–water partition coefficient (Wildman–Crippen LogP) is 6.56. The van der Waals surface area contributed by atoms with Gasteiger partial charge in [-0.3, -0.25) is 0 Å². The zero-order chi connectivity index (χ0) is 30.0. The molecule has 6 rings (SSSR count). The van der Waals surface area contributed by atoms with Crippen LogP contribution in [0.1, 0.15) is 0 Å². The van der Waals surface area contributed by atoms with Crippen molar-refractivity contribution in [2.75, 3.05) is 4.31 Å². The molecule has 0 fully saturated rings. The number of nitrogens with zero attached hydrogens (tertiary/aromatic N) is 1. The number of thiol groups is 1. The van der Waals surface area contributed by atoms with E-state index < -0.39 is 26.6 Å². The van der Waals surface area contributed by atoms with Crippen LogP contribution in [0.2, 0.25) is 0 Å². The fourth-order valence-electron chi connectivity index (χ4n) is 4.68. The Labute approximate surface area is 249 Å². The average Bonchev–Trinajstić information content (AvgIpc) is 3.03. The van der Waals surface area contributed by atoms with Gasteiger partial charge in [0.1, 0.15) is 10.6 Å². The van der Waals surface area contributed by atoms with Crippen LogP contribution in [0.4, 0.5) is 11.4 Å². The maximum Gasteiger partial charge on any atom is 0.361 e. The summed E-state index contributed by atoms with van der Waals surface area (Å²) in [6, 6.07) is 37.7. The monoisotopic (exact) mass is 609 g/mol. The van der Waals surface area contributed by atoms with Gasteiger partial charge in [-0.05, 0) is 58.7 Å². The minimum Gasteiger partial charge on any atom is -0.417 e. The molecule has 214 valence electrons. The van der Waals surface area contributed by atoms with Crippen LogP contribution in [0.15, 0.2) is 148 Å². The summed E-state index contributed by atoms with van der Waals surface area (Å²) in [6.07, 6.45) is 0. The van der Waals surface area contributed by atoms with Crippen molar-refractivity contribution in [3.05, 3.63) is 144 Å². The molecule has 0 spiro atoms. The van der Waals surface area contributed by atoms with Crippen LogP contribution in [0.3, 0.4) is 0 Å². The van der Waals surface area contributed by atoms with Crippen LogP contribution in [-0.4, -0.2) is 16.8 Å². The molecule has 0 atom stereocenters. The van der Waals surface area contributed by atoms with Gasteiger partial charge in [0.2, 0.25) is 10.9 Å². The fourth-order valence-corrected chi connectivity index (χ4v) is 6.25. The van der Waals surface area contributed by atoms with Crippen LogP contribution in [0.5, 0.6) is 5.75 Å². The number of para-hydroxylation sites is 1. The Morgan fingerprint density at radius 2 is 1.16 bits per heavy atom. The molecule has 0 aliphatic rings. The van der Waals surface area contributed by atoms with E-state index in [1.165, 1.54) is 30.3 Å². The number of hydrogen-bond donors (Lipinski definition) is 1. The highest BCUT2D eigenvalue weighted by atomic mass is 32.2. The van der Waals surface area contributed by atoms with Crippen LogP contribution < -0.4 is 14.1 Å². The number of benzene rings is 5. The van der Waals surface area contributed by atoms with E-state index >= 15 is 0 Å². The Bertz CT molecular complexity index is 2150. The Morgan fingerprint density at radius 3 is 1.72 bits per heavy atom. The first-order valence-corrected chi connectivity index (χ1v) is 15.6. The molecule has 43 heavy (non-hydrogen) atoms. The largest absolute Gasteiger partial charge is 0.417 e. The summed E-state index contributed by atoms with van der Waals surface area (Å²) in [7, 11) is -7.58. The lowest BCUT2D eigenvalue weighted by molar-refractivity contribution is 0.475. The van der Waals surface area contributed by atoms with E-state index in [4.69, 9.17) is 8.60 Å². The van der Waals surface area contributed by atoms with E-state index in [2.05, 4.69) is 0 Å².